The van der Waals surface area contributed by atoms with Crippen LogP contribution in [0.5, 0.6) is 0 Å². The van der Waals surface area contributed by atoms with Crippen LogP contribution in [-0.4, -0.2) is 48.4 Å². The monoisotopic (exact) mass is 234 g/mol. The Hall–Kier alpha value is -1.01. The second-order valence-corrected chi connectivity index (χ2v) is 5.54. The molecule has 1 unspecified atom stereocenters. The fourth-order valence-corrected chi connectivity index (χ4v) is 3.08. The molecular formula is C14H22N2O. The minimum atomic E-state index is 0.147. The Morgan fingerprint density at radius 1 is 1.29 bits per heavy atom. The molecular weight excluding hydrogens is 212 g/mol. The Balaban J connectivity index is 1.89. The van der Waals surface area contributed by atoms with Gasteiger partial charge in [0.2, 0.25) is 5.91 Å². The van der Waals surface area contributed by atoms with Gasteiger partial charge in [0.1, 0.15) is 0 Å². The molecule has 3 heteroatoms. The first-order valence-corrected chi connectivity index (χ1v) is 6.54. The highest BCUT2D eigenvalue weighted by Gasteiger charge is 2.35. The quantitative estimate of drug-likeness (QED) is 0.673. The van der Waals surface area contributed by atoms with E-state index in [4.69, 9.17) is 6.42 Å². The number of nitrogens with zero attached hydrogens (tertiary/aromatic N) is 2. The van der Waals surface area contributed by atoms with Gasteiger partial charge in [-0.15, -0.1) is 12.3 Å². The van der Waals surface area contributed by atoms with Crippen LogP contribution < -0.4 is 0 Å². The zero-order valence-corrected chi connectivity index (χ0v) is 10.9. The average Bonchev–Trinajstić information content (AvgIpc) is 2.71. The molecule has 0 spiro atoms. The Bertz CT molecular complexity index is 324. The molecule has 3 nitrogen and oxygen atoms in total. The number of hydrogen-bond donors (Lipinski definition) is 0. The van der Waals surface area contributed by atoms with Crippen molar-refractivity contribution in [3.63, 3.8) is 0 Å². The maximum Gasteiger partial charge on any atom is 0.224 e. The number of rotatable bonds is 2. The number of carbonyl (C=O) groups excluding carboxylic acids is 1. The van der Waals surface area contributed by atoms with E-state index in [1.165, 1.54) is 12.8 Å². The van der Waals surface area contributed by atoms with E-state index < -0.39 is 0 Å². The summed E-state index contributed by atoms with van der Waals surface area (Å²) in [7, 11) is 4.28. The molecule has 0 N–H and O–H groups in total. The van der Waals surface area contributed by atoms with Crippen molar-refractivity contribution >= 4 is 5.91 Å². The molecule has 2 aliphatic rings. The second-order valence-electron chi connectivity index (χ2n) is 5.54. The summed E-state index contributed by atoms with van der Waals surface area (Å²) < 4.78 is 0. The second kappa shape index (κ2) is 5.10. The SMILES string of the molecule is C#CC1CC(=O)N(C2CCC(N(C)C)CC2)C1. The van der Waals surface area contributed by atoms with Crippen LogP contribution in [0.4, 0.5) is 0 Å². The molecule has 1 aliphatic heterocycles. The molecule has 1 saturated carbocycles. The molecule has 17 heavy (non-hydrogen) atoms. The van der Waals surface area contributed by atoms with Crippen LogP contribution in [0.15, 0.2) is 0 Å². The van der Waals surface area contributed by atoms with E-state index in [1.807, 2.05) is 4.90 Å². The Morgan fingerprint density at radius 2 is 1.94 bits per heavy atom. The van der Waals surface area contributed by atoms with Gasteiger partial charge in [-0.3, -0.25) is 4.79 Å². The van der Waals surface area contributed by atoms with Crippen molar-refractivity contribution in [3.8, 4) is 12.3 Å². The van der Waals surface area contributed by atoms with E-state index in [9.17, 15) is 4.79 Å². The maximum absolute atomic E-state index is 11.9. The third-order valence-corrected chi connectivity index (χ3v) is 4.23. The lowest BCUT2D eigenvalue weighted by molar-refractivity contribution is -0.130. The molecule has 0 aromatic carbocycles. The van der Waals surface area contributed by atoms with Crippen LogP contribution in [0.25, 0.3) is 0 Å². The first-order valence-electron chi connectivity index (χ1n) is 6.54. The zero-order chi connectivity index (χ0) is 12.4. The van der Waals surface area contributed by atoms with E-state index in [0.29, 0.717) is 18.5 Å². The van der Waals surface area contributed by atoms with Crippen molar-refractivity contribution in [3.05, 3.63) is 0 Å². The summed E-state index contributed by atoms with van der Waals surface area (Å²) in [6.45, 7) is 0.784. The van der Waals surface area contributed by atoms with E-state index in [2.05, 4.69) is 24.9 Å². The van der Waals surface area contributed by atoms with E-state index in [1.54, 1.807) is 0 Å². The molecule has 1 amide bonds. The van der Waals surface area contributed by atoms with E-state index >= 15 is 0 Å². The van der Waals surface area contributed by atoms with Crippen LogP contribution in [0.1, 0.15) is 32.1 Å². The van der Waals surface area contributed by atoms with Crippen molar-refractivity contribution in [1.29, 1.82) is 0 Å². The lowest BCUT2D eigenvalue weighted by atomic mass is 9.89. The molecule has 0 aromatic rings. The molecule has 0 bridgehead atoms. The number of hydrogen-bond acceptors (Lipinski definition) is 2. The summed E-state index contributed by atoms with van der Waals surface area (Å²) in [5.74, 6) is 3.13. The molecule has 1 saturated heterocycles. The summed E-state index contributed by atoms with van der Waals surface area (Å²) in [5.41, 5.74) is 0. The van der Waals surface area contributed by atoms with Crippen molar-refractivity contribution < 1.29 is 4.79 Å². The minimum Gasteiger partial charge on any atom is -0.338 e. The van der Waals surface area contributed by atoms with Crippen molar-refractivity contribution in [2.45, 2.75) is 44.2 Å². The fraction of sp³-hybridized carbons (Fsp3) is 0.786. The van der Waals surface area contributed by atoms with Crippen LogP contribution in [0, 0.1) is 18.3 Å². The zero-order valence-electron chi connectivity index (χ0n) is 10.9. The van der Waals surface area contributed by atoms with Gasteiger partial charge in [-0.05, 0) is 39.8 Å². The predicted molar refractivity (Wildman–Crippen MR) is 68.4 cm³/mol. The number of amides is 1. The predicted octanol–water partition coefficient (Wildman–Crippen LogP) is 1.34. The van der Waals surface area contributed by atoms with Crippen LogP contribution >= 0.6 is 0 Å². The number of terminal acetylenes is 1. The lowest BCUT2D eigenvalue weighted by Crippen LogP contribution is -2.42. The van der Waals surface area contributed by atoms with Crippen molar-refractivity contribution in [1.82, 2.24) is 9.80 Å². The summed E-state index contributed by atoms with van der Waals surface area (Å²) in [4.78, 5) is 16.2. The highest BCUT2D eigenvalue weighted by Crippen LogP contribution is 2.29. The Labute approximate surface area is 104 Å². The minimum absolute atomic E-state index is 0.147. The summed E-state index contributed by atoms with van der Waals surface area (Å²) in [5, 5.41) is 0. The lowest BCUT2D eigenvalue weighted by Gasteiger charge is -2.37. The van der Waals surface area contributed by atoms with Gasteiger partial charge in [-0.2, -0.15) is 0 Å². The first-order chi connectivity index (χ1) is 8.11. The maximum atomic E-state index is 11.9. The molecule has 2 rings (SSSR count). The number of likely N-dealkylation sites (tertiary alicyclic amines) is 1. The van der Waals surface area contributed by atoms with Gasteiger partial charge in [-0.1, -0.05) is 0 Å². The molecule has 0 radical (unpaired) electrons. The smallest absolute Gasteiger partial charge is 0.224 e. The van der Waals surface area contributed by atoms with Gasteiger partial charge in [-0.25, -0.2) is 0 Å². The van der Waals surface area contributed by atoms with Crippen molar-refractivity contribution in [2.75, 3.05) is 20.6 Å². The third-order valence-electron chi connectivity index (χ3n) is 4.23. The topological polar surface area (TPSA) is 23.6 Å². The first kappa shape index (κ1) is 12.4. The molecule has 1 heterocycles. The van der Waals surface area contributed by atoms with Gasteiger partial charge in [0.15, 0.2) is 0 Å². The highest BCUT2D eigenvalue weighted by atomic mass is 16.2. The van der Waals surface area contributed by atoms with Gasteiger partial charge in [0.05, 0.1) is 0 Å². The molecule has 1 aliphatic carbocycles. The van der Waals surface area contributed by atoms with Crippen molar-refractivity contribution in [2.24, 2.45) is 5.92 Å². The van der Waals surface area contributed by atoms with Gasteiger partial charge in [0.25, 0.3) is 0 Å². The number of carbonyl (C=O) groups is 1. The largest absolute Gasteiger partial charge is 0.338 e. The summed E-state index contributed by atoms with van der Waals surface area (Å²) >= 11 is 0. The van der Waals surface area contributed by atoms with E-state index in [0.717, 1.165) is 19.4 Å². The van der Waals surface area contributed by atoms with Gasteiger partial charge < -0.3 is 9.80 Å². The van der Waals surface area contributed by atoms with Gasteiger partial charge >= 0.3 is 0 Å². The van der Waals surface area contributed by atoms with Crippen LogP contribution in [0.3, 0.4) is 0 Å². The molecule has 0 aromatic heterocycles. The van der Waals surface area contributed by atoms with E-state index in [-0.39, 0.29) is 11.8 Å². The van der Waals surface area contributed by atoms with Gasteiger partial charge in [0, 0.05) is 31.0 Å². The Kier molecular flexibility index (Phi) is 3.73. The van der Waals surface area contributed by atoms with Crippen LogP contribution in [-0.2, 0) is 4.79 Å². The Morgan fingerprint density at radius 3 is 2.41 bits per heavy atom. The fourth-order valence-electron chi connectivity index (χ4n) is 3.08. The molecule has 2 fully saturated rings. The normalized spacial score (nSPS) is 34.1. The standard InChI is InChI=1S/C14H22N2O/c1-4-11-9-14(17)16(10-11)13-7-5-12(6-8-13)15(2)3/h1,11-13H,5-10H2,2-3H3. The third kappa shape index (κ3) is 2.63. The molecule has 1 atom stereocenters. The van der Waals surface area contributed by atoms with Crippen LogP contribution in [0.2, 0.25) is 0 Å². The summed E-state index contributed by atoms with van der Waals surface area (Å²) in [6, 6.07) is 1.13. The summed E-state index contributed by atoms with van der Waals surface area (Å²) in [6.07, 6.45) is 10.6. The highest BCUT2D eigenvalue weighted by molar-refractivity contribution is 5.79. The average molecular weight is 234 g/mol. The molecule has 94 valence electrons.